The van der Waals surface area contributed by atoms with Gasteiger partial charge in [0, 0.05) is 38.8 Å². The lowest BCUT2D eigenvalue weighted by Gasteiger charge is -2.36. The van der Waals surface area contributed by atoms with Gasteiger partial charge in [0.2, 0.25) is 0 Å². The normalized spacial score (nSPS) is 21.7. The number of ether oxygens (including phenoxy) is 2. The molecule has 1 aliphatic heterocycles. The van der Waals surface area contributed by atoms with Gasteiger partial charge in [0.25, 0.3) is 0 Å². The number of rotatable bonds is 9. The van der Waals surface area contributed by atoms with Crippen molar-refractivity contribution in [3.8, 4) is 0 Å². The first-order chi connectivity index (χ1) is 8.81. The molecule has 1 saturated heterocycles. The minimum absolute atomic E-state index is 0.0304. The Bertz CT molecular complexity index is 194. The lowest BCUT2D eigenvalue weighted by molar-refractivity contribution is -0.142. The Hall–Kier alpha value is -0.160. The molecule has 1 heterocycles. The minimum atomic E-state index is -0.0304. The number of hydrogen-bond acceptors (Lipinski definition) is 4. The molecule has 0 aromatic rings. The molecular weight excluding hydrogens is 228 g/mol. The number of piperidine rings is 1. The first-order valence-corrected chi connectivity index (χ1v) is 7.43. The highest BCUT2D eigenvalue weighted by molar-refractivity contribution is 4.78. The number of hydrogen-bond donors (Lipinski definition) is 1. The van der Waals surface area contributed by atoms with Gasteiger partial charge in [-0.3, -0.25) is 4.90 Å². The van der Waals surface area contributed by atoms with E-state index in [1.807, 2.05) is 20.9 Å². The maximum absolute atomic E-state index is 5.60. The second kappa shape index (κ2) is 9.73. The van der Waals surface area contributed by atoms with Crippen LogP contribution in [0.1, 0.15) is 39.5 Å². The fourth-order valence-corrected chi connectivity index (χ4v) is 2.68. The highest BCUT2D eigenvalue weighted by atomic mass is 16.7. The van der Waals surface area contributed by atoms with E-state index in [1.54, 1.807) is 0 Å². The van der Waals surface area contributed by atoms with E-state index in [2.05, 4.69) is 10.2 Å². The van der Waals surface area contributed by atoms with Crippen molar-refractivity contribution in [2.75, 3.05) is 39.9 Å². The highest BCUT2D eigenvalue weighted by Gasteiger charge is 2.22. The molecule has 0 aliphatic carbocycles. The predicted octanol–water partition coefficient (Wildman–Crippen LogP) is 1.85. The summed E-state index contributed by atoms with van der Waals surface area (Å²) < 4.78 is 11.2. The van der Waals surface area contributed by atoms with Crippen molar-refractivity contribution < 1.29 is 9.47 Å². The first kappa shape index (κ1) is 15.9. The van der Waals surface area contributed by atoms with Crippen LogP contribution in [0, 0.1) is 0 Å². The molecule has 0 radical (unpaired) electrons. The Kier molecular flexibility index (Phi) is 8.59. The van der Waals surface area contributed by atoms with Gasteiger partial charge in [0.15, 0.2) is 6.29 Å². The van der Waals surface area contributed by atoms with E-state index in [0.717, 1.165) is 32.7 Å². The van der Waals surface area contributed by atoms with Gasteiger partial charge in [-0.05, 0) is 40.3 Å². The molecule has 0 amide bonds. The molecule has 4 heteroatoms. The lowest BCUT2D eigenvalue weighted by atomic mass is 10.0. The molecule has 0 aromatic heterocycles. The average Bonchev–Trinajstić information content (AvgIpc) is 2.38. The van der Waals surface area contributed by atoms with Crippen LogP contribution in [0.3, 0.4) is 0 Å². The molecule has 1 fully saturated rings. The van der Waals surface area contributed by atoms with Gasteiger partial charge in [0.1, 0.15) is 0 Å². The average molecular weight is 258 g/mol. The lowest BCUT2D eigenvalue weighted by Crippen LogP contribution is -2.46. The Morgan fingerprint density at radius 3 is 2.56 bits per heavy atom. The van der Waals surface area contributed by atoms with Crippen molar-refractivity contribution in [2.24, 2.45) is 0 Å². The van der Waals surface area contributed by atoms with Crippen LogP contribution in [0.15, 0.2) is 0 Å². The van der Waals surface area contributed by atoms with Gasteiger partial charge in [-0.15, -0.1) is 0 Å². The van der Waals surface area contributed by atoms with E-state index in [0.29, 0.717) is 6.04 Å². The Morgan fingerprint density at radius 2 is 1.94 bits per heavy atom. The summed E-state index contributed by atoms with van der Waals surface area (Å²) in [6, 6.07) is 0.688. The highest BCUT2D eigenvalue weighted by Crippen LogP contribution is 2.17. The molecule has 1 aliphatic rings. The summed E-state index contributed by atoms with van der Waals surface area (Å²) in [4.78, 5) is 2.59. The van der Waals surface area contributed by atoms with E-state index in [9.17, 15) is 0 Å². The zero-order valence-electron chi connectivity index (χ0n) is 12.3. The van der Waals surface area contributed by atoms with E-state index in [1.165, 1.54) is 25.8 Å². The molecule has 18 heavy (non-hydrogen) atoms. The van der Waals surface area contributed by atoms with Crippen LogP contribution >= 0.6 is 0 Å². The van der Waals surface area contributed by atoms with Gasteiger partial charge < -0.3 is 14.8 Å². The van der Waals surface area contributed by atoms with Crippen LogP contribution in [-0.2, 0) is 9.47 Å². The smallest absolute Gasteiger partial charge is 0.158 e. The Balaban J connectivity index is 2.33. The molecule has 1 rings (SSSR count). The van der Waals surface area contributed by atoms with Crippen molar-refractivity contribution >= 4 is 0 Å². The summed E-state index contributed by atoms with van der Waals surface area (Å²) in [5.74, 6) is 0. The van der Waals surface area contributed by atoms with Crippen molar-refractivity contribution in [3.05, 3.63) is 0 Å². The Morgan fingerprint density at radius 1 is 1.22 bits per heavy atom. The number of nitrogens with one attached hydrogen (secondary N) is 1. The molecular formula is C14H30N2O2. The third kappa shape index (κ3) is 5.65. The van der Waals surface area contributed by atoms with Gasteiger partial charge in [-0.1, -0.05) is 6.42 Å². The van der Waals surface area contributed by atoms with E-state index in [4.69, 9.17) is 9.47 Å². The first-order valence-electron chi connectivity index (χ1n) is 7.43. The summed E-state index contributed by atoms with van der Waals surface area (Å²) in [6.07, 6.45) is 4.95. The molecule has 1 atom stereocenters. The summed E-state index contributed by atoms with van der Waals surface area (Å²) in [6.45, 7) is 8.89. The maximum Gasteiger partial charge on any atom is 0.158 e. The molecule has 1 unspecified atom stereocenters. The quantitative estimate of drug-likeness (QED) is 0.640. The molecule has 108 valence electrons. The van der Waals surface area contributed by atoms with Crippen LogP contribution in [-0.4, -0.2) is 57.1 Å². The monoisotopic (exact) mass is 258 g/mol. The van der Waals surface area contributed by atoms with Crippen molar-refractivity contribution in [3.63, 3.8) is 0 Å². The van der Waals surface area contributed by atoms with Crippen molar-refractivity contribution in [1.82, 2.24) is 10.2 Å². The maximum atomic E-state index is 5.60. The van der Waals surface area contributed by atoms with Crippen molar-refractivity contribution in [2.45, 2.75) is 51.9 Å². The number of nitrogens with zero attached hydrogens (tertiary/aromatic N) is 1. The Labute approximate surface area is 112 Å². The van der Waals surface area contributed by atoms with Gasteiger partial charge in [-0.25, -0.2) is 0 Å². The predicted molar refractivity (Wildman–Crippen MR) is 74.8 cm³/mol. The topological polar surface area (TPSA) is 33.7 Å². The largest absolute Gasteiger partial charge is 0.353 e. The zero-order valence-corrected chi connectivity index (χ0v) is 12.3. The fourth-order valence-electron chi connectivity index (χ4n) is 2.68. The molecule has 0 saturated carbocycles. The van der Waals surface area contributed by atoms with Gasteiger partial charge in [-0.2, -0.15) is 0 Å². The molecule has 0 aromatic carbocycles. The van der Waals surface area contributed by atoms with E-state index in [-0.39, 0.29) is 6.29 Å². The molecule has 0 spiro atoms. The standard InChI is InChI=1S/C14H30N2O2/c1-4-17-14(18-5-2)9-11-16-10-7-6-8-13(16)12-15-3/h13-15H,4-12H2,1-3H3. The number of likely N-dealkylation sites (tertiary alicyclic amines) is 1. The minimum Gasteiger partial charge on any atom is -0.353 e. The third-order valence-corrected chi connectivity index (χ3v) is 3.55. The van der Waals surface area contributed by atoms with E-state index >= 15 is 0 Å². The SMILES string of the molecule is CCOC(CCN1CCCCC1CNC)OCC. The van der Waals surface area contributed by atoms with Gasteiger partial charge >= 0.3 is 0 Å². The van der Waals surface area contributed by atoms with Crippen LogP contribution in [0.5, 0.6) is 0 Å². The summed E-state index contributed by atoms with van der Waals surface area (Å²) in [5.41, 5.74) is 0. The molecule has 0 bridgehead atoms. The fraction of sp³-hybridized carbons (Fsp3) is 1.00. The summed E-state index contributed by atoms with van der Waals surface area (Å²) in [5, 5.41) is 3.30. The number of likely N-dealkylation sites (N-methyl/N-ethyl adjacent to an activating group) is 1. The van der Waals surface area contributed by atoms with Crippen molar-refractivity contribution in [1.29, 1.82) is 0 Å². The molecule has 1 N–H and O–H groups in total. The van der Waals surface area contributed by atoms with Crippen LogP contribution in [0.2, 0.25) is 0 Å². The van der Waals surface area contributed by atoms with Gasteiger partial charge in [0.05, 0.1) is 0 Å². The van der Waals surface area contributed by atoms with Crippen LogP contribution in [0.4, 0.5) is 0 Å². The summed E-state index contributed by atoms with van der Waals surface area (Å²) >= 11 is 0. The second-order valence-electron chi connectivity index (χ2n) is 4.87. The third-order valence-electron chi connectivity index (χ3n) is 3.55. The van der Waals surface area contributed by atoms with Crippen LogP contribution in [0.25, 0.3) is 0 Å². The second-order valence-corrected chi connectivity index (χ2v) is 4.87. The summed E-state index contributed by atoms with van der Waals surface area (Å²) in [7, 11) is 2.04. The van der Waals surface area contributed by atoms with Crippen LogP contribution < -0.4 is 5.32 Å². The zero-order chi connectivity index (χ0) is 13.2. The molecule has 4 nitrogen and oxygen atoms in total. The van der Waals surface area contributed by atoms with E-state index < -0.39 is 0 Å².